The standard InChI is InChI=1S/C20H21FN2O3/c1-3-23(13-16-6-5-7-17(21)10-16)20(24)14-26-18-9-8-15(12-22)11-19(18)25-4-2/h5-11H,3-4,13-14H2,1-2H3. The summed E-state index contributed by atoms with van der Waals surface area (Å²) in [5.41, 5.74) is 1.17. The molecule has 5 nitrogen and oxygen atoms in total. The number of nitriles is 1. The molecule has 0 radical (unpaired) electrons. The summed E-state index contributed by atoms with van der Waals surface area (Å²) < 4.78 is 24.4. The van der Waals surface area contributed by atoms with Crippen LogP contribution in [0.15, 0.2) is 42.5 Å². The van der Waals surface area contributed by atoms with E-state index in [-0.39, 0.29) is 18.3 Å². The predicted molar refractivity (Wildman–Crippen MR) is 95.3 cm³/mol. The Morgan fingerprint density at radius 2 is 1.96 bits per heavy atom. The molecule has 2 rings (SSSR count). The van der Waals surface area contributed by atoms with Crippen molar-refractivity contribution in [2.75, 3.05) is 19.8 Å². The average Bonchev–Trinajstić information content (AvgIpc) is 2.65. The van der Waals surface area contributed by atoms with Gasteiger partial charge in [-0.3, -0.25) is 4.79 Å². The van der Waals surface area contributed by atoms with Gasteiger partial charge in [-0.1, -0.05) is 12.1 Å². The van der Waals surface area contributed by atoms with E-state index in [9.17, 15) is 9.18 Å². The fraction of sp³-hybridized carbons (Fsp3) is 0.300. The summed E-state index contributed by atoms with van der Waals surface area (Å²) in [5.74, 6) is 0.276. The first-order chi connectivity index (χ1) is 12.6. The van der Waals surface area contributed by atoms with Gasteiger partial charge in [-0.2, -0.15) is 5.26 Å². The van der Waals surface area contributed by atoms with Gasteiger partial charge in [0.25, 0.3) is 5.91 Å². The first-order valence-corrected chi connectivity index (χ1v) is 8.39. The Bertz CT molecular complexity index is 802. The van der Waals surface area contributed by atoms with Crippen LogP contribution in [0.1, 0.15) is 25.0 Å². The Morgan fingerprint density at radius 1 is 1.15 bits per heavy atom. The SMILES string of the molecule is CCOc1cc(C#N)ccc1OCC(=O)N(CC)Cc1cccc(F)c1. The first-order valence-electron chi connectivity index (χ1n) is 8.39. The summed E-state index contributed by atoms with van der Waals surface area (Å²) in [5, 5.41) is 8.97. The molecule has 0 aliphatic heterocycles. The van der Waals surface area contributed by atoms with E-state index in [1.54, 1.807) is 35.2 Å². The molecule has 2 aromatic rings. The van der Waals surface area contributed by atoms with Crippen molar-refractivity contribution in [1.29, 1.82) is 5.26 Å². The van der Waals surface area contributed by atoms with Crippen LogP contribution in [0.4, 0.5) is 4.39 Å². The fourth-order valence-electron chi connectivity index (χ4n) is 2.43. The molecule has 0 saturated carbocycles. The number of rotatable bonds is 8. The second-order valence-electron chi connectivity index (χ2n) is 5.53. The molecule has 0 unspecified atom stereocenters. The van der Waals surface area contributed by atoms with Crippen LogP contribution in [0.2, 0.25) is 0 Å². The predicted octanol–water partition coefficient (Wildman–Crippen LogP) is 3.52. The lowest BCUT2D eigenvalue weighted by atomic mass is 10.2. The third kappa shape index (κ3) is 5.21. The summed E-state index contributed by atoms with van der Waals surface area (Å²) in [4.78, 5) is 14.0. The van der Waals surface area contributed by atoms with E-state index in [1.165, 1.54) is 12.1 Å². The molecular weight excluding hydrogens is 335 g/mol. The van der Waals surface area contributed by atoms with Crippen molar-refractivity contribution in [2.24, 2.45) is 0 Å². The van der Waals surface area contributed by atoms with E-state index in [4.69, 9.17) is 14.7 Å². The number of carbonyl (C=O) groups is 1. The summed E-state index contributed by atoms with van der Waals surface area (Å²) >= 11 is 0. The molecule has 6 heteroatoms. The number of halogens is 1. The number of likely N-dealkylation sites (N-methyl/N-ethyl adjacent to an activating group) is 1. The van der Waals surface area contributed by atoms with Crippen molar-refractivity contribution in [3.8, 4) is 17.6 Å². The van der Waals surface area contributed by atoms with Crippen LogP contribution >= 0.6 is 0 Å². The van der Waals surface area contributed by atoms with Gasteiger partial charge < -0.3 is 14.4 Å². The molecule has 2 aromatic carbocycles. The van der Waals surface area contributed by atoms with E-state index < -0.39 is 0 Å². The molecule has 0 atom stereocenters. The number of hydrogen-bond donors (Lipinski definition) is 0. The molecule has 0 N–H and O–H groups in total. The van der Waals surface area contributed by atoms with Gasteiger partial charge in [0, 0.05) is 19.2 Å². The maximum absolute atomic E-state index is 13.3. The molecule has 136 valence electrons. The van der Waals surface area contributed by atoms with Gasteiger partial charge >= 0.3 is 0 Å². The van der Waals surface area contributed by atoms with Crippen LogP contribution in [0, 0.1) is 17.1 Å². The molecule has 0 aliphatic carbocycles. The Hall–Kier alpha value is -3.07. The van der Waals surface area contributed by atoms with Crippen LogP contribution in [0.25, 0.3) is 0 Å². The second-order valence-corrected chi connectivity index (χ2v) is 5.53. The quantitative estimate of drug-likeness (QED) is 0.726. The van der Waals surface area contributed by atoms with Gasteiger partial charge in [0.05, 0.1) is 18.2 Å². The van der Waals surface area contributed by atoms with Crippen LogP contribution < -0.4 is 9.47 Å². The largest absolute Gasteiger partial charge is 0.490 e. The highest BCUT2D eigenvalue weighted by Crippen LogP contribution is 2.28. The lowest BCUT2D eigenvalue weighted by molar-refractivity contribution is -0.133. The molecule has 0 aliphatic rings. The Morgan fingerprint density at radius 3 is 2.62 bits per heavy atom. The number of hydrogen-bond acceptors (Lipinski definition) is 4. The van der Waals surface area contributed by atoms with Gasteiger partial charge in [0.1, 0.15) is 5.82 Å². The van der Waals surface area contributed by atoms with Crippen molar-refractivity contribution in [1.82, 2.24) is 4.90 Å². The highest BCUT2D eigenvalue weighted by molar-refractivity contribution is 5.77. The zero-order valence-electron chi connectivity index (χ0n) is 14.9. The summed E-state index contributed by atoms with van der Waals surface area (Å²) in [6, 6.07) is 13.0. The van der Waals surface area contributed by atoms with Crippen molar-refractivity contribution in [2.45, 2.75) is 20.4 Å². The Kier molecular flexibility index (Phi) is 6.98. The van der Waals surface area contributed by atoms with Crippen molar-refractivity contribution >= 4 is 5.91 Å². The number of ether oxygens (including phenoxy) is 2. The molecule has 0 heterocycles. The Balaban J connectivity index is 2.03. The van der Waals surface area contributed by atoms with E-state index in [0.29, 0.717) is 42.3 Å². The lowest BCUT2D eigenvalue weighted by Crippen LogP contribution is -2.34. The van der Waals surface area contributed by atoms with E-state index in [0.717, 1.165) is 0 Å². The number of nitrogens with zero attached hydrogens (tertiary/aromatic N) is 2. The minimum absolute atomic E-state index is 0.171. The summed E-state index contributed by atoms with van der Waals surface area (Å²) in [6.07, 6.45) is 0. The van der Waals surface area contributed by atoms with Crippen LogP contribution in [0.3, 0.4) is 0 Å². The van der Waals surface area contributed by atoms with E-state index >= 15 is 0 Å². The van der Waals surface area contributed by atoms with Gasteiger partial charge in [-0.25, -0.2) is 4.39 Å². The first kappa shape index (κ1) is 19.3. The van der Waals surface area contributed by atoms with Crippen molar-refractivity contribution < 1.29 is 18.7 Å². The summed E-state index contributed by atoms with van der Waals surface area (Å²) in [7, 11) is 0. The molecule has 0 aromatic heterocycles. The van der Waals surface area contributed by atoms with Gasteiger partial charge in [0.15, 0.2) is 18.1 Å². The smallest absolute Gasteiger partial charge is 0.260 e. The molecule has 1 amide bonds. The number of benzene rings is 2. The molecule has 0 spiro atoms. The third-order valence-corrected chi connectivity index (χ3v) is 3.72. The number of carbonyl (C=O) groups excluding carboxylic acids is 1. The van der Waals surface area contributed by atoms with E-state index in [1.807, 2.05) is 19.9 Å². The van der Waals surface area contributed by atoms with Crippen LogP contribution in [0.5, 0.6) is 11.5 Å². The van der Waals surface area contributed by atoms with Crippen LogP contribution in [-0.4, -0.2) is 30.6 Å². The maximum atomic E-state index is 13.3. The topological polar surface area (TPSA) is 62.6 Å². The fourth-order valence-corrected chi connectivity index (χ4v) is 2.43. The molecule has 0 bridgehead atoms. The number of amides is 1. The minimum Gasteiger partial charge on any atom is -0.490 e. The highest BCUT2D eigenvalue weighted by atomic mass is 19.1. The van der Waals surface area contributed by atoms with Gasteiger partial charge in [-0.15, -0.1) is 0 Å². The molecule has 0 fully saturated rings. The zero-order chi connectivity index (χ0) is 18.9. The van der Waals surface area contributed by atoms with Gasteiger partial charge in [0.2, 0.25) is 0 Å². The maximum Gasteiger partial charge on any atom is 0.260 e. The zero-order valence-corrected chi connectivity index (χ0v) is 14.9. The summed E-state index contributed by atoms with van der Waals surface area (Å²) in [6.45, 7) is 4.71. The van der Waals surface area contributed by atoms with E-state index in [2.05, 4.69) is 0 Å². The molecular formula is C20H21FN2O3. The lowest BCUT2D eigenvalue weighted by Gasteiger charge is -2.21. The van der Waals surface area contributed by atoms with Crippen molar-refractivity contribution in [3.63, 3.8) is 0 Å². The van der Waals surface area contributed by atoms with Crippen LogP contribution in [-0.2, 0) is 11.3 Å². The second kappa shape index (κ2) is 9.42. The highest BCUT2D eigenvalue weighted by Gasteiger charge is 2.15. The average molecular weight is 356 g/mol. The normalized spacial score (nSPS) is 10.1. The third-order valence-electron chi connectivity index (χ3n) is 3.72. The Labute approximate surface area is 152 Å². The van der Waals surface area contributed by atoms with Crippen molar-refractivity contribution in [3.05, 3.63) is 59.4 Å². The monoisotopic (exact) mass is 356 g/mol. The molecule has 0 saturated heterocycles. The minimum atomic E-state index is -0.332. The van der Waals surface area contributed by atoms with Gasteiger partial charge in [-0.05, 0) is 43.7 Å². The molecule has 26 heavy (non-hydrogen) atoms.